The van der Waals surface area contributed by atoms with Gasteiger partial charge in [-0.15, -0.1) is 11.3 Å². The number of aliphatic hydroxyl groups excluding tert-OH is 1. The molecule has 0 bridgehead atoms. The zero-order valence-electron chi connectivity index (χ0n) is 28.0. The lowest BCUT2D eigenvalue weighted by Gasteiger charge is -2.60. The highest BCUT2D eigenvalue weighted by atomic mass is 32.2. The van der Waals surface area contributed by atoms with Crippen molar-refractivity contribution in [3.05, 3.63) is 77.1 Å². The van der Waals surface area contributed by atoms with Crippen LogP contribution in [0, 0.1) is 28.6 Å². The van der Waals surface area contributed by atoms with Crippen molar-refractivity contribution >= 4 is 45.2 Å². The van der Waals surface area contributed by atoms with Crippen LogP contribution in [0.1, 0.15) is 83.5 Å². The molecule has 2 aromatic carbocycles. The maximum Gasteiger partial charge on any atom is 0.175 e. The molecule has 8 heteroatoms. The Kier molecular flexibility index (Phi) is 7.28. The van der Waals surface area contributed by atoms with Crippen LogP contribution in [0.25, 0.3) is 22.0 Å². The van der Waals surface area contributed by atoms with Gasteiger partial charge in [-0.3, -0.25) is 4.79 Å². The number of aliphatic hydroxyl groups is 2. The van der Waals surface area contributed by atoms with Crippen molar-refractivity contribution in [2.24, 2.45) is 28.6 Å². The number of nitrogens with zero attached hydrogens (tertiary/aromatic N) is 3. The van der Waals surface area contributed by atoms with Crippen molar-refractivity contribution < 1.29 is 15.0 Å². The van der Waals surface area contributed by atoms with Crippen LogP contribution < -0.4 is 0 Å². The average molecular weight is 668 g/mol. The van der Waals surface area contributed by atoms with E-state index in [0.717, 1.165) is 51.6 Å². The predicted molar refractivity (Wildman–Crippen MR) is 190 cm³/mol. The topological polar surface area (TPSA) is 88.2 Å². The van der Waals surface area contributed by atoms with Crippen LogP contribution in [0.2, 0.25) is 0 Å². The highest BCUT2D eigenvalue weighted by Crippen LogP contribution is 2.67. The third kappa shape index (κ3) is 4.76. The normalized spacial score (nSPS) is 33.1. The molecule has 246 valence electrons. The molecule has 0 aliphatic heterocycles. The molecule has 0 amide bonds. The van der Waals surface area contributed by atoms with Crippen molar-refractivity contribution in [2.45, 2.75) is 94.6 Å². The van der Waals surface area contributed by atoms with Crippen molar-refractivity contribution in [2.75, 3.05) is 5.75 Å². The van der Waals surface area contributed by atoms with E-state index < -0.39 is 17.1 Å². The smallest absolute Gasteiger partial charge is 0.175 e. The van der Waals surface area contributed by atoms with Gasteiger partial charge in [-0.2, -0.15) is 5.10 Å². The fraction of sp³-hybridized carbons (Fsp3) is 0.513. The summed E-state index contributed by atoms with van der Waals surface area (Å²) in [5.41, 5.74) is 4.91. The van der Waals surface area contributed by atoms with E-state index in [2.05, 4.69) is 74.6 Å². The van der Waals surface area contributed by atoms with Gasteiger partial charge in [0.2, 0.25) is 0 Å². The number of thiazole rings is 1. The highest BCUT2D eigenvalue weighted by Gasteiger charge is 2.68. The Morgan fingerprint density at radius 3 is 2.62 bits per heavy atom. The summed E-state index contributed by atoms with van der Waals surface area (Å²) in [6, 6.07) is 16.8. The summed E-state index contributed by atoms with van der Waals surface area (Å²) in [7, 11) is 0. The number of para-hydroxylation sites is 1. The summed E-state index contributed by atoms with van der Waals surface area (Å²) in [5.74, 6) is 0.606. The lowest BCUT2D eigenvalue weighted by molar-refractivity contribution is -0.177. The van der Waals surface area contributed by atoms with Crippen LogP contribution in [-0.4, -0.2) is 48.2 Å². The lowest BCUT2D eigenvalue weighted by Crippen LogP contribution is -2.62. The molecule has 2 aromatic heterocycles. The first-order valence-corrected chi connectivity index (χ1v) is 18.9. The zero-order chi connectivity index (χ0) is 32.9. The van der Waals surface area contributed by atoms with E-state index in [0.29, 0.717) is 12.8 Å². The molecule has 3 saturated carbocycles. The second kappa shape index (κ2) is 10.9. The number of ketones is 1. The molecular weight excluding hydrogens is 623 g/mol. The minimum atomic E-state index is -1.44. The van der Waals surface area contributed by atoms with Gasteiger partial charge in [0, 0.05) is 5.41 Å². The minimum Gasteiger partial charge on any atom is -0.393 e. The summed E-state index contributed by atoms with van der Waals surface area (Å²) >= 11 is 3.02. The van der Waals surface area contributed by atoms with E-state index in [-0.39, 0.29) is 40.1 Å². The van der Waals surface area contributed by atoms with Crippen molar-refractivity contribution in [1.29, 1.82) is 0 Å². The van der Waals surface area contributed by atoms with E-state index >= 15 is 0 Å². The van der Waals surface area contributed by atoms with E-state index in [1.165, 1.54) is 28.5 Å². The van der Waals surface area contributed by atoms with Crippen LogP contribution in [0.3, 0.4) is 0 Å². The minimum absolute atomic E-state index is 0.0812. The molecule has 3 fully saturated rings. The Bertz CT molecular complexity index is 1870. The van der Waals surface area contributed by atoms with Gasteiger partial charge in [0.1, 0.15) is 5.60 Å². The molecule has 7 atom stereocenters. The lowest BCUT2D eigenvalue weighted by atomic mass is 9.45. The molecule has 5 unspecified atom stereocenters. The molecule has 8 rings (SSSR count). The molecule has 47 heavy (non-hydrogen) atoms. The van der Waals surface area contributed by atoms with Gasteiger partial charge in [0.05, 0.1) is 39.7 Å². The van der Waals surface area contributed by atoms with E-state index in [1.807, 2.05) is 30.5 Å². The van der Waals surface area contributed by atoms with E-state index in [4.69, 9.17) is 5.10 Å². The van der Waals surface area contributed by atoms with Gasteiger partial charge < -0.3 is 10.2 Å². The second-order valence-corrected chi connectivity index (χ2v) is 18.4. The molecule has 0 saturated heterocycles. The number of carbonyl (C=O) groups is 1. The Hall–Kier alpha value is -2.78. The number of fused-ring (bicyclic) bond motifs is 7. The zero-order valence-corrected chi connectivity index (χ0v) is 29.6. The third-order valence-electron chi connectivity index (χ3n) is 12.6. The first-order valence-electron chi connectivity index (χ1n) is 17.1. The maximum absolute atomic E-state index is 13.9. The van der Waals surface area contributed by atoms with Crippen LogP contribution in [0.15, 0.2) is 64.6 Å². The fourth-order valence-electron chi connectivity index (χ4n) is 10.1. The van der Waals surface area contributed by atoms with Gasteiger partial charge in [-0.05, 0) is 109 Å². The molecule has 0 radical (unpaired) electrons. The molecule has 4 aromatic rings. The van der Waals surface area contributed by atoms with Gasteiger partial charge in [0.15, 0.2) is 10.1 Å². The quantitative estimate of drug-likeness (QED) is 0.210. The molecular formula is C39H45N3O3S2. The molecule has 4 aliphatic carbocycles. The monoisotopic (exact) mass is 667 g/mol. The number of benzene rings is 2. The van der Waals surface area contributed by atoms with Crippen molar-refractivity contribution in [3.63, 3.8) is 0 Å². The average Bonchev–Trinajstić information content (AvgIpc) is 3.71. The van der Waals surface area contributed by atoms with Gasteiger partial charge in [0.25, 0.3) is 0 Å². The number of rotatable bonds is 5. The summed E-state index contributed by atoms with van der Waals surface area (Å²) in [6.45, 7) is 11.1. The molecule has 0 spiro atoms. The van der Waals surface area contributed by atoms with Crippen LogP contribution in [0.4, 0.5) is 0 Å². The second-order valence-electron chi connectivity index (χ2n) is 16.1. The highest BCUT2D eigenvalue weighted by molar-refractivity contribution is 8.01. The standard InChI is InChI=1S/C39H45N3O3S2/c1-36(2,3)24-10-13-26(14-11-24)42-30-18-25-12-15-27-28-16-17-39(45,33(44)22-46-35-41-29-8-6-7-9-32(29)47-35)38(28,5)20-31(43)34(27)37(25,4)19-23(30)21-40-42/h6-11,13-14,18,21,27-28,31,34,43,45H,12,15-17,19-20,22H2,1-5H3/t27?,28?,31-,34?,37?,38?,39-/m0/s1. The molecule has 2 heterocycles. The number of thioether (sulfide) groups is 1. The first-order chi connectivity index (χ1) is 22.3. The number of hydrogen-bond donors (Lipinski definition) is 2. The Morgan fingerprint density at radius 2 is 1.87 bits per heavy atom. The summed E-state index contributed by atoms with van der Waals surface area (Å²) < 4.78 is 4.03. The van der Waals surface area contributed by atoms with Crippen molar-refractivity contribution in [1.82, 2.24) is 14.8 Å². The largest absolute Gasteiger partial charge is 0.393 e. The van der Waals surface area contributed by atoms with Gasteiger partial charge >= 0.3 is 0 Å². The maximum atomic E-state index is 13.9. The number of aromatic nitrogens is 3. The Balaban J connectivity index is 1.03. The van der Waals surface area contributed by atoms with Gasteiger partial charge in [-0.25, -0.2) is 9.67 Å². The Morgan fingerprint density at radius 1 is 1.11 bits per heavy atom. The van der Waals surface area contributed by atoms with Crippen LogP contribution in [0.5, 0.6) is 0 Å². The molecule has 4 aliphatic rings. The summed E-state index contributed by atoms with van der Waals surface area (Å²) in [6.07, 6.45) is 8.29. The van der Waals surface area contributed by atoms with Crippen LogP contribution >= 0.6 is 23.1 Å². The molecule has 6 nitrogen and oxygen atoms in total. The van der Waals surface area contributed by atoms with E-state index in [9.17, 15) is 15.0 Å². The number of hydrogen-bond acceptors (Lipinski definition) is 7. The van der Waals surface area contributed by atoms with Gasteiger partial charge in [-0.1, -0.05) is 76.2 Å². The number of carbonyl (C=O) groups excluding carboxylic acids is 1. The predicted octanol–water partition coefficient (Wildman–Crippen LogP) is 8.02. The third-order valence-corrected chi connectivity index (χ3v) is 14.8. The number of allylic oxidation sites excluding steroid dienone is 1. The summed E-state index contributed by atoms with van der Waals surface area (Å²) in [4.78, 5) is 18.6. The first kappa shape index (κ1) is 31.5. The number of Topliss-reactive ketones (excluding diaryl/α,β-unsaturated/α-hetero) is 1. The SMILES string of the molecule is CC(C)(C)c1ccc(-n2ncc3c2C=C2CCC4C([C@@H](O)CC5(C)C4CC[C@]5(O)C(=O)CSc4nc5ccccc5s4)C2(C)C3)cc1. The molecule has 2 N–H and O–H groups in total. The van der Waals surface area contributed by atoms with Crippen LogP contribution in [-0.2, 0) is 16.6 Å². The summed E-state index contributed by atoms with van der Waals surface area (Å²) in [5, 5.41) is 29.1. The van der Waals surface area contributed by atoms with E-state index in [1.54, 1.807) is 11.3 Å². The Labute approximate surface area is 285 Å². The fourth-order valence-corrected chi connectivity index (χ4v) is 12.2. The van der Waals surface area contributed by atoms with Crippen molar-refractivity contribution in [3.8, 4) is 5.69 Å².